The lowest BCUT2D eigenvalue weighted by Gasteiger charge is -2.23. The van der Waals surface area contributed by atoms with Gasteiger partial charge in [-0.1, -0.05) is 6.07 Å². The summed E-state index contributed by atoms with van der Waals surface area (Å²) >= 11 is 1.80. The van der Waals surface area contributed by atoms with E-state index in [9.17, 15) is 0 Å². The number of likely N-dealkylation sites (N-methyl/N-ethyl adjacent to an activating group) is 1. The summed E-state index contributed by atoms with van der Waals surface area (Å²) in [5, 5.41) is 11.0. The standard InChI is InChI=1S/C12H18N2S/c1-12(2,9-13)10-14(3)7-6-11-5-4-8-15-11/h4-5,8H,6-7,10H2,1-3H3. The van der Waals surface area contributed by atoms with E-state index >= 15 is 0 Å². The van der Waals surface area contributed by atoms with E-state index in [1.54, 1.807) is 11.3 Å². The molecule has 0 amide bonds. The molecule has 0 aliphatic heterocycles. The predicted molar refractivity (Wildman–Crippen MR) is 64.9 cm³/mol. The Balaban J connectivity index is 2.31. The van der Waals surface area contributed by atoms with Crippen molar-refractivity contribution in [2.45, 2.75) is 20.3 Å². The van der Waals surface area contributed by atoms with Crippen LogP contribution in [0.3, 0.4) is 0 Å². The summed E-state index contributed by atoms with van der Waals surface area (Å²) in [6, 6.07) is 6.57. The van der Waals surface area contributed by atoms with Gasteiger partial charge in [-0.25, -0.2) is 0 Å². The molecule has 15 heavy (non-hydrogen) atoms. The maximum absolute atomic E-state index is 8.92. The molecule has 1 aromatic heterocycles. The average molecular weight is 222 g/mol. The second-order valence-electron chi connectivity index (χ2n) is 4.56. The van der Waals surface area contributed by atoms with Crippen molar-refractivity contribution in [3.8, 4) is 6.07 Å². The van der Waals surface area contributed by atoms with E-state index in [2.05, 4.69) is 35.5 Å². The minimum Gasteiger partial charge on any atom is -0.304 e. The number of thiophene rings is 1. The first kappa shape index (κ1) is 12.2. The van der Waals surface area contributed by atoms with Crippen LogP contribution in [0.15, 0.2) is 17.5 Å². The molecule has 1 heterocycles. The van der Waals surface area contributed by atoms with Crippen LogP contribution in [-0.4, -0.2) is 25.0 Å². The van der Waals surface area contributed by atoms with Crippen LogP contribution in [0.1, 0.15) is 18.7 Å². The minimum atomic E-state index is -0.246. The lowest BCUT2D eigenvalue weighted by molar-refractivity contribution is 0.258. The summed E-state index contributed by atoms with van der Waals surface area (Å²) in [5.74, 6) is 0. The second-order valence-corrected chi connectivity index (χ2v) is 5.60. The fourth-order valence-corrected chi connectivity index (χ4v) is 2.24. The molecule has 0 atom stereocenters. The molecule has 3 heteroatoms. The predicted octanol–water partition coefficient (Wildman–Crippen LogP) is 2.77. The SMILES string of the molecule is CN(CCc1cccs1)CC(C)(C)C#N. The van der Waals surface area contributed by atoms with Crippen molar-refractivity contribution in [2.75, 3.05) is 20.1 Å². The molecule has 0 bridgehead atoms. The number of hydrogen-bond donors (Lipinski definition) is 0. The van der Waals surface area contributed by atoms with Crippen molar-refractivity contribution in [2.24, 2.45) is 5.41 Å². The van der Waals surface area contributed by atoms with Crippen LogP contribution in [0.5, 0.6) is 0 Å². The summed E-state index contributed by atoms with van der Waals surface area (Å²) in [7, 11) is 2.08. The Morgan fingerprint density at radius 1 is 1.53 bits per heavy atom. The van der Waals surface area contributed by atoms with Crippen LogP contribution < -0.4 is 0 Å². The van der Waals surface area contributed by atoms with Crippen LogP contribution in [0, 0.1) is 16.7 Å². The van der Waals surface area contributed by atoms with Gasteiger partial charge >= 0.3 is 0 Å². The summed E-state index contributed by atoms with van der Waals surface area (Å²) < 4.78 is 0. The normalized spacial score (nSPS) is 11.7. The van der Waals surface area contributed by atoms with Gasteiger partial charge < -0.3 is 4.90 Å². The Hall–Kier alpha value is -0.850. The van der Waals surface area contributed by atoms with Gasteiger partial charge in [-0.05, 0) is 38.8 Å². The number of rotatable bonds is 5. The third-order valence-corrected chi connectivity index (χ3v) is 3.22. The molecular formula is C12H18N2S. The maximum Gasteiger partial charge on any atom is 0.0697 e. The Kier molecular flexibility index (Phi) is 4.31. The van der Waals surface area contributed by atoms with Crippen molar-refractivity contribution in [1.29, 1.82) is 5.26 Å². The van der Waals surface area contributed by atoms with Crippen molar-refractivity contribution in [3.63, 3.8) is 0 Å². The third-order valence-electron chi connectivity index (χ3n) is 2.29. The molecule has 1 aromatic rings. The van der Waals surface area contributed by atoms with Gasteiger partial charge in [-0.2, -0.15) is 5.26 Å². The number of hydrogen-bond acceptors (Lipinski definition) is 3. The van der Waals surface area contributed by atoms with Gasteiger partial charge in [0.15, 0.2) is 0 Å². The maximum atomic E-state index is 8.92. The molecule has 0 fully saturated rings. The molecule has 82 valence electrons. The average Bonchev–Trinajstić information content (AvgIpc) is 2.66. The largest absolute Gasteiger partial charge is 0.304 e. The zero-order valence-electron chi connectivity index (χ0n) is 9.66. The Labute approximate surface area is 96.1 Å². The van der Waals surface area contributed by atoms with Gasteiger partial charge in [0.05, 0.1) is 11.5 Å². The van der Waals surface area contributed by atoms with Gasteiger partial charge in [0.1, 0.15) is 0 Å². The first-order valence-electron chi connectivity index (χ1n) is 5.16. The van der Waals surface area contributed by atoms with Gasteiger partial charge in [0, 0.05) is 18.0 Å². The summed E-state index contributed by atoms with van der Waals surface area (Å²) in [5.41, 5.74) is -0.246. The highest BCUT2D eigenvalue weighted by atomic mass is 32.1. The Morgan fingerprint density at radius 2 is 2.27 bits per heavy atom. The van der Waals surface area contributed by atoms with E-state index in [4.69, 9.17) is 5.26 Å². The van der Waals surface area contributed by atoms with Crippen molar-refractivity contribution >= 4 is 11.3 Å². The number of nitrogens with zero attached hydrogens (tertiary/aromatic N) is 2. The fraction of sp³-hybridized carbons (Fsp3) is 0.583. The van der Waals surface area contributed by atoms with Crippen LogP contribution in [0.25, 0.3) is 0 Å². The molecule has 0 aromatic carbocycles. The Morgan fingerprint density at radius 3 is 2.80 bits per heavy atom. The lowest BCUT2D eigenvalue weighted by Crippen LogP contribution is -2.31. The third kappa shape index (κ3) is 4.46. The first-order chi connectivity index (χ1) is 7.03. The van der Waals surface area contributed by atoms with E-state index in [-0.39, 0.29) is 5.41 Å². The minimum absolute atomic E-state index is 0.246. The van der Waals surface area contributed by atoms with Crippen LogP contribution in [0.2, 0.25) is 0 Å². The molecule has 2 nitrogen and oxygen atoms in total. The highest BCUT2D eigenvalue weighted by Gasteiger charge is 2.18. The van der Waals surface area contributed by atoms with Crippen LogP contribution >= 0.6 is 11.3 Å². The Bertz CT molecular complexity index is 322. The van der Waals surface area contributed by atoms with Gasteiger partial charge in [-0.3, -0.25) is 0 Å². The molecule has 0 N–H and O–H groups in total. The zero-order valence-corrected chi connectivity index (χ0v) is 10.5. The monoisotopic (exact) mass is 222 g/mol. The first-order valence-corrected chi connectivity index (χ1v) is 6.04. The molecule has 0 radical (unpaired) electrons. The summed E-state index contributed by atoms with van der Waals surface area (Å²) in [6.45, 7) is 5.81. The molecule has 0 aliphatic carbocycles. The molecule has 0 unspecified atom stereocenters. The van der Waals surface area contributed by atoms with Gasteiger partial charge in [0.25, 0.3) is 0 Å². The second kappa shape index (κ2) is 5.29. The van der Waals surface area contributed by atoms with Crippen molar-refractivity contribution < 1.29 is 0 Å². The van der Waals surface area contributed by atoms with E-state index in [1.165, 1.54) is 4.88 Å². The van der Waals surface area contributed by atoms with E-state index in [0.717, 1.165) is 19.5 Å². The fourth-order valence-electron chi connectivity index (χ4n) is 1.55. The quantitative estimate of drug-likeness (QED) is 0.766. The van der Waals surface area contributed by atoms with Crippen molar-refractivity contribution in [1.82, 2.24) is 4.90 Å². The molecule has 0 spiro atoms. The lowest BCUT2D eigenvalue weighted by atomic mass is 9.95. The summed E-state index contributed by atoms with van der Waals surface area (Å²) in [4.78, 5) is 3.64. The van der Waals surface area contributed by atoms with Gasteiger partial charge in [0.2, 0.25) is 0 Å². The van der Waals surface area contributed by atoms with Crippen LogP contribution in [0.4, 0.5) is 0 Å². The highest BCUT2D eigenvalue weighted by Crippen LogP contribution is 2.15. The van der Waals surface area contributed by atoms with E-state index in [1.807, 2.05) is 13.8 Å². The smallest absolute Gasteiger partial charge is 0.0697 e. The topological polar surface area (TPSA) is 27.0 Å². The van der Waals surface area contributed by atoms with Gasteiger partial charge in [-0.15, -0.1) is 11.3 Å². The van der Waals surface area contributed by atoms with E-state index < -0.39 is 0 Å². The van der Waals surface area contributed by atoms with E-state index in [0.29, 0.717) is 0 Å². The highest BCUT2D eigenvalue weighted by molar-refractivity contribution is 7.09. The molecular weight excluding hydrogens is 204 g/mol. The molecule has 0 saturated heterocycles. The zero-order chi connectivity index (χ0) is 11.3. The van der Waals surface area contributed by atoms with Crippen LogP contribution in [-0.2, 0) is 6.42 Å². The molecule has 0 saturated carbocycles. The summed E-state index contributed by atoms with van der Waals surface area (Å²) in [6.07, 6.45) is 1.08. The molecule has 1 rings (SSSR count). The van der Waals surface area contributed by atoms with Crippen molar-refractivity contribution in [3.05, 3.63) is 22.4 Å². The molecule has 0 aliphatic rings. The number of nitriles is 1.